The number of carbonyl (C=O) groups is 1. The zero-order valence-corrected chi connectivity index (χ0v) is 11.6. The Hall–Kier alpha value is -0.290. The molecular weight excluding hydrogens is 326 g/mol. The summed E-state index contributed by atoms with van der Waals surface area (Å²) >= 11 is 6.82. The van der Waals surface area contributed by atoms with Gasteiger partial charge < -0.3 is 9.73 Å². The van der Waals surface area contributed by atoms with Gasteiger partial charge in [0.2, 0.25) is 0 Å². The van der Waals surface area contributed by atoms with E-state index in [0.29, 0.717) is 16.4 Å². The molecule has 0 aliphatic rings. The molecule has 0 unspecified atom stereocenters. The number of rotatable bonds is 5. The first kappa shape index (κ1) is 12.8. The molecule has 0 spiro atoms. The molecule has 1 N–H and O–H groups in total. The standard InChI is InChI=1S/C10H13Br2NO2/c1-2-10(6-11,7-12)13-9(14)8-4-3-5-15-8/h3-5H,2,6-7H2,1H3,(H,13,14). The van der Waals surface area contributed by atoms with E-state index in [9.17, 15) is 4.79 Å². The summed E-state index contributed by atoms with van der Waals surface area (Å²) in [5.41, 5.74) is -0.260. The molecule has 5 heteroatoms. The second-order valence-corrected chi connectivity index (χ2v) is 4.45. The third-order valence-corrected chi connectivity index (χ3v) is 4.46. The minimum atomic E-state index is -0.260. The maximum absolute atomic E-state index is 11.8. The minimum Gasteiger partial charge on any atom is -0.459 e. The fourth-order valence-electron chi connectivity index (χ4n) is 1.09. The summed E-state index contributed by atoms with van der Waals surface area (Å²) in [6, 6.07) is 3.35. The van der Waals surface area contributed by atoms with Crippen molar-refractivity contribution >= 4 is 37.8 Å². The normalized spacial score (nSPS) is 11.4. The van der Waals surface area contributed by atoms with Gasteiger partial charge in [-0.05, 0) is 18.6 Å². The molecule has 0 saturated heterocycles. The molecule has 1 heterocycles. The lowest BCUT2D eigenvalue weighted by atomic mass is 10.0. The number of furan rings is 1. The molecular formula is C10H13Br2NO2. The Bertz CT molecular complexity index is 299. The first-order valence-electron chi connectivity index (χ1n) is 4.65. The van der Waals surface area contributed by atoms with Crippen LogP contribution in [0.2, 0.25) is 0 Å². The second-order valence-electron chi connectivity index (χ2n) is 3.33. The van der Waals surface area contributed by atoms with Crippen LogP contribution in [0.3, 0.4) is 0 Å². The maximum Gasteiger partial charge on any atom is 0.287 e. The van der Waals surface area contributed by atoms with Crippen LogP contribution in [0.1, 0.15) is 23.9 Å². The first-order valence-corrected chi connectivity index (χ1v) is 6.89. The molecule has 0 bridgehead atoms. The van der Waals surface area contributed by atoms with E-state index >= 15 is 0 Å². The summed E-state index contributed by atoms with van der Waals surface area (Å²) in [5.74, 6) is 0.162. The molecule has 1 aromatic rings. The molecule has 0 atom stereocenters. The molecule has 0 aromatic carbocycles. The van der Waals surface area contributed by atoms with Crippen molar-refractivity contribution in [3.05, 3.63) is 24.2 Å². The van der Waals surface area contributed by atoms with Crippen LogP contribution in [0.4, 0.5) is 0 Å². The lowest BCUT2D eigenvalue weighted by Gasteiger charge is -2.29. The van der Waals surface area contributed by atoms with E-state index in [-0.39, 0.29) is 11.4 Å². The monoisotopic (exact) mass is 337 g/mol. The topological polar surface area (TPSA) is 42.2 Å². The molecule has 0 radical (unpaired) electrons. The van der Waals surface area contributed by atoms with Crippen molar-refractivity contribution < 1.29 is 9.21 Å². The smallest absolute Gasteiger partial charge is 0.287 e. The lowest BCUT2D eigenvalue weighted by Crippen LogP contribution is -2.51. The summed E-state index contributed by atoms with van der Waals surface area (Å²) in [6.45, 7) is 2.03. The van der Waals surface area contributed by atoms with Crippen molar-refractivity contribution in [2.24, 2.45) is 0 Å². The van der Waals surface area contributed by atoms with Crippen molar-refractivity contribution in [3.63, 3.8) is 0 Å². The molecule has 0 aliphatic heterocycles. The zero-order valence-electron chi connectivity index (χ0n) is 8.43. The molecule has 84 valence electrons. The summed E-state index contributed by atoms with van der Waals surface area (Å²) in [5, 5.41) is 4.36. The van der Waals surface area contributed by atoms with Crippen LogP contribution in [-0.2, 0) is 0 Å². The molecule has 0 aliphatic carbocycles. The van der Waals surface area contributed by atoms with E-state index in [0.717, 1.165) is 6.42 Å². The minimum absolute atomic E-state index is 0.180. The van der Waals surface area contributed by atoms with Crippen LogP contribution in [0, 0.1) is 0 Å². The lowest BCUT2D eigenvalue weighted by molar-refractivity contribution is 0.0887. The summed E-state index contributed by atoms with van der Waals surface area (Å²) in [7, 11) is 0. The van der Waals surface area contributed by atoms with Gasteiger partial charge in [-0.2, -0.15) is 0 Å². The summed E-state index contributed by atoms with van der Waals surface area (Å²) in [6.07, 6.45) is 2.33. The third kappa shape index (κ3) is 3.08. The number of amides is 1. The van der Waals surface area contributed by atoms with Crippen LogP contribution < -0.4 is 5.32 Å². The maximum atomic E-state index is 11.8. The van der Waals surface area contributed by atoms with E-state index in [4.69, 9.17) is 4.42 Å². The molecule has 15 heavy (non-hydrogen) atoms. The van der Waals surface area contributed by atoms with E-state index in [1.165, 1.54) is 6.26 Å². The fourth-order valence-corrected chi connectivity index (χ4v) is 3.09. The molecule has 0 saturated carbocycles. The number of halogens is 2. The Balaban J connectivity index is 2.71. The molecule has 0 fully saturated rings. The third-order valence-electron chi connectivity index (χ3n) is 2.31. The predicted octanol–water partition coefficient (Wildman–Crippen LogP) is 2.95. The largest absolute Gasteiger partial charge is 0.459 e. The van der Waals surface area contributed by atoms with Gasteiger partial charge in [0.1, 0.15) is 0 Å². The van der Waals surface area contributed by atoms with Crippen LogP contribution in [-0.4, -0.2) is 22.1 Å². The highest BCUT2D eigenvalue weighted by Crippen LogP contribution is 2.17. The van der Waals surface area contributed by atoms with Crippen LogP contribution in [0.25, 0.3) is 0 Å². The summed E-state index contributed by atoms with van der Waals surface area (Å²) in [4.78, 5) is 11.8. The number of hydrogen-bond acceptors (Lipinski definition) is 2. The molecule has 1 amide bonds. The Morgan fingerprint density at radius 3 is 2.60 bits per heavy atom. The molecule has 3 nitrogen and oxygen atoms in total. The number of nitrogens with one attached hydrogen (secondary N) is 1. The van der Waals surface area contributed by atoms with Crippen molar-refractivity contribution in [1.29, 1.82) is 0 Å². The van der Waals surface area contributed by atoms with Gasteiger partial charge in [0.05, 0.1) is 11.8 Å². The van der Waals surface area contributed by atoms with E-state index in [1.807, 2.05) is 6.92 Å². The highest BCUT2D eigenvalue weighted by Gasteiger charge is 2.28. The van der Waals surface area contributed by atoms with Gasteiger partial charge in [0.15, 0.2) is 5.76 Å². The van der Waals surface area contributed by atoms with Crippen LogP contribution in [0.15, 0.2) is 22.8 Å². The van der Waals surface area contributed by atoms with Crippen molar-refractivity contribution in [1.82, 2.24) is 5.32 Å². The molecule has 1 rings (SSSR count). The summed E-state index contributed by atoms with van der Waals surface area (Å²) < 4.78 is 5.03. The Kier molecular flexibility index (Phi) is 4.86. The average Bonchev–Trinajstić information content (AvgIpc) is 2.79. The molecule has 1 aromatic heterocycles. The zero-order chi connectivity index (χ0) is 11.3. The van der Waals surface area contributed by atoms with Gasteiger partial charge in [-0.1, -0.05) is 38.8 Å². The Morgan fingerprint density at radius 2 is 2.20 bits per heavy atom. The first-order chi connectivity index (χ1) is 7.17. The van der Waals surface area contributed by atoms with E-state index in [2.05, 4.69) is 37.2 Å². The van der Waals surface area contributed by atoms with Crippen molar-refractivity contribution in [3.8, 4) is 0 Å². The van der Waals surface area contributed by atoms with Crippen molar-refractivity contribution in [2.45, 2.75) is 18.9 Å². The van der Waals surface area contributed by atoms with Gasteiger partial charge in [0.25, 0.3) is 5.91 Å². The van der Waals surface area contributed by atoms with Gasteiger partial charge in [-0.3, -0.25) is 4.79 Å². The second kappa shape index (κ2) is 5.70. The van der Waals surface area contributed by atoms with Gasteiger partial charge in [-0.15, -0.1) is 0 Å². The highest BCUT2D eigenvalue weighted by atomic mass is 79.9. The van der Waals surface area contributed by atoms with Gasteiger partial charge >= 0.3 is 0 Å². The highest BCUT2D eigenvalue weighted by molar-refractivity contribution is 9.09. The number of alkyl halides is 2. The van der Waals surface area contributed by atoms with E-state index < -0.39 is 0 Å². The van der Waals surface area contributed by atoms with Crippen LogP contribution in [0.5, 0.6) is 0 Å². The quantitative estimate of drug-likeness (QED) is 0.839. The van der Waals surface area contributed by atoms with Gasteiger partial charge in [-0.25, -0.2) is 0 Å². The number of carbonyl (C=O) groups excluding carboxylic acids is 1. The predicted molar refractivity (Wildman–Crippen MR) is 66.8 cm³/mol. The van der Waals surface area contributed by atoms with E-state index in [1.54, 1.807) is 12.1 Å². The Morgan fingerprint density at radius 1 is 1.53 bits per heavy atom. The number of hydrogen-bond donors (Lipinski definition) is 1. The van der Waals surface area contributed by atoms with Crippen molar-refractivity contribution in [2.75, 3.05) is 10.7 Å². The Labute approximate surface area is 106 Å². The SMILES string of the molecule is CCC(CBr)(CBr)NC(=O)c1ccco1. The van der Waals surface area contributed by atoms with Gasteiger partial charge in [0, 0.05) is 10.7 Å². The fraction of sp³-hybridized carbons (Fsp3) is 0.500. The van der Waals surface area contributed by atoms with Crippen LogP contribution >= 0.6 is 31.9 Å². The average molecular weight is 339 g/mol.